The summed E-state index contributed by atoms with van der Waals surface area (Å²) in [5.41, 5.74) is 1.93. The number of hydrogen-bond donors (Lipinski definition) is 0. The molecule has 0 atom stereocenters. The average molecular weight is 288 g/mol. The lowest BCUT2D eigenvalue weighted by molar-refractivity contribution is 0.597. The molecule has 0 N–H and O–H groups in total. The molecule has 0 fully saturated rings. The second-order valence-corrected chi connectivity index (χ2v) is 5.20. The highest BCUT2D eigenvalue weighted by Crippen LogP contribution is 2.32. The van der Waals surface area contributed by atoms with Crippen LogP contribution in [0.2, 0.25) is 0 Å². The quantitative estimate of drug-likeness (QED) is 0.447. The van der Waals surface area contributed by atoms with Gasteiger partial charge < -0.3 is 4.42 Å². The van der Waals surface area contributed by atoms with E-state index in [1.807, 2.05) is 30.3 Å². The van der Waals surface area contributed by atoms with Crippen molar-refractivity contribution in [3.63, 3.8) is 0 Å². The number of halogens is 1. The molecule has 1 nitrogen and oxygen atoms in total. The van der Waals surface area contributed by atoms with Gasteiger partial charge in [-0.1, -0.05) is 42.5 Å². The van der Waals surface area contributed by atoms with Crippen LogP contribution in [0.25, 0.3) is 33.4 Å². The van der Waals surface area contributed by atoms with Gasteiger partial charge in [-0.15, -0.1) is 0 Å². The van der Waals surface area contributed by atoms with Crippen molar-refractivity contribution in [2.24, 2.45) is 0 Å². The first-order valence-electron chi connectivity index (χ1n) is 7.15. The molecule has 22 heavy (non-hydrogen) atoms. The Labute approximate surface area is 127 Å². The van der Waals surface area contributed by atoms with Gasteiger partial charge in [0.15, 0.2) is 0 Å². The van der Waals surface area contributed by atoms with Crippen molar-refractivity contribution < 1.29 is 8.81 Å². The minimum absolute atomic E-state index is 0.246. The lowest BCUT2D eigenvalue weighted by Gasteiger charge is -2.04. The highest BCUT2D eigenvalue weighted by molar-refractivity contribution is 5.95. The van der Waals surface area contributed by atoms with Crippen LogP contribution in [0.4, 0.5) is 4.39 Å². The molecule has 2 heteroatoms. The maximum absolute atomic E-state index is 13.0. The molecule has 0 unspecified atom stereocenters. The minimum atomic E-state index is -0.246. The highest BCUT2D eigenvalue weighted by atomic mass is 19.1. The van der Waals surface area contributed by atoms with Gasteiger partial charge in [-0.3, -0.25) is 0 Å². The first kappa shape index (κ1) is 12.8. The van der Waals surface area contributed by atoms with Gasteiger partial charge in [0.05, 0.1) is 0 Å². The molecule has 106 valence electrons. The van der Waals surface area contributed by atoms with Crippen molar-refractivity contribution in [2.45, 2.75) is 0 Å². The lowest BCUT2D eigenvalue weighted by Crippen LogP contribution is -1.78. The summed E-state index contributed by atoms with van der Waals surface area (Å²) in [5, 5.41) is 2.34. The third-order valence-corrected chi connectivity index (χ3v) is 3.79. The zero-order valence-electron chi connectivity index (χ0n) is 11.8. The van der Waals surface area contributed by atoms with Crippen molar-refractivity contribution in [2.75, 3.05) is 0 Å². The Balaban J connectivity index is 1.82. The molecule has 3 aromatic carbocycles. The molecule has 1 aromatic heterocycles. The molecule has 0 saturated carbocycles. The summed E-state index contributed by atoms with van der Waals surface area (Å²) < 4.78 is 19.0. The molecule has 0 aliphatic heterocycles. The number of furan rings is 1. The van der Waals surface area contributed by atoms with Gasteiger partial charge >= 0.3 is 0 Å². The van der Waals surface area contributed by atoms with Gasteiger partial charge in [-0.05, 0) is 47.2 Å². The van der Waals surface area contributed by atoms with E-state index in [4.69, 9.17) is 4.42 Å². The lowest BCUT2D eigenvalue weighted by atomic mass is 10.0. The van der Waals surface area contributed by atoms with Crippen molar-refractivity contribution in [1.29, 1.82) is 0 Å². The second-order valence-electron chi connectivity index (χ2n) is 5.20. The third kappa shape index (κ3) is 2.19. The van der Waals surface area contributed by atoms with Crippen molar-refractivity contribution in [1.82, 2.24) is 0 Å². The Morgan fingerprint density at radius 3 is 2.23 bits per heavy atom. The smallest absolute Gasteiger partial charge is 0.135 e. The van der Waals surface area contributed by atoms with Crippen LogP contribution in [0.3, 0.4) is 0 Å². The number of benzene rings is 3. The number of fused-ring (bicyclic) bond motifs is 1. The van der Waals surface area contributed by atoms with E-state index in [2.05, 4.69) is 24.3 Å². The Morgan fingerprint density at radius 2 is 1.36 bits per heavy atom. The van der Waals surface area contributed by atoms with Crippen molar-refractivity contribution >= 4 is 10.8 Å². The first-order chi connectivity index (χ1) is 10.8. The molecule has 0 saturated heterocycles. The van der Waals surface area contributed by atoms with Gasteiger partial charge in [-0.2, -0.15) is 0 Å². The van der Waals surface area contributed by atoms with Gasteiger partial charge in [0, 0.05) is 11.1 Å². The SMILES string of the molecule is Fc1ccc(-c2ccc(-c3cccc4ccccc34)o2)cc1. The van der Waals surface area contributed by atoms with E-state index < -0.39 is 0 Å². The van der Waals surface area contributed by atoms with Crippen LogP contribution in [0.15, 0.2) is 83.3 Å². The maximum Gasteiger partial charge on any atom is 0.135 e. The van der Waals surface area contributed by atoms with E-state index in [9.17, 15) is 4.39 Å². The molecule has 0 aliphatic rings. The first-order valence-corrected chi connectivity index (χ1v) is 7.15. The summed E-state index contributed by atoms with van der Waals surface area (Å²) in [7, 11) is 0. The molecule has 1 heterocycles. The summed E-state index contributed by atoms with van der Waals surface area (Å²) in [5.74, 6) is 1.31. The Bertz CT molecular complexity index is 930. The van der Waals surface area contributed by atoms with Crippen LogP contribution >= 0.6 is 0 Å². The van der Waals surface area contributed by atoms with Gasteiger partial charge in [-0.25, -0.2) is 4.39 Å². The van der Waals surface area contributed by atoms with E-state index in [1.165, 1.54) is 17.5 Å². The van der Waals surface area contributed by atoms with E-state index >= 15 is 0 Å². The molecule has 4 aromatic rings. The van der Waals surface area contributed by atoms with Crippen LogP contribution in [-0.4, -0.2) is 0 Å². The van der Waals surface area contributed by atoms with E-state index in [1.54, 1.807) is 12.1 Å². The summed E-state index contributed by atoms with van der Waals surface area (Å²) in [4.78, 5) is 0. The minimum Gasteiger partial charge on any atom is -0.456 e. The van der Waals surface area contributed by atoms with Gasteiger partial charge in [0.2, 0.25) is 0 Å². The average Bonchev–Trinajstić information content (AvgIpc) is 3.05. The zero-order chi connectivity index (χ0) is 14.9. The molecule has 0 bridgehead atoms. The molecule has 0 aliphatic carbocycles. The van der Waals surface area contributed by atoms with Crippen LogP contribution in [0.5, 0.6) is 0 Å². The molecular formula is C20H13FO. The summed E-state index contributed by atoms with van der Waals surface area (Å²) in [6, 6.07) is 24.6. The van der Waals surface area contributed by atoms with E-state index in [0.717, 1.165) is 28.0 Å². The fourth-order valence-corrected chi connectivity index (χ4v) is 2.69. The van der Waals surface area contributed by atoms with Gasteiger partial charge in [0.25, 0.3) is 0 Å². The van der Waals surface area contributed by atoms with Crippen molar-refractivity contribution in [3.05, 3.63) is 84.7 Å². The maximum atomic E-state index is 13.0. The molecule has 4 rings (SSSR count). The molecule has 0 radical (unpaired) electrons. The number of rotatable bonds is 2. The Hall–Kier alpha value is -2.87. The van der Waals surface area contributed by atoms with Crippen LogP contribution < -0.4 is 0 Å². The number of hydrogen-bond acceptors (Lipinski definition) is 1. The second kappa shape index (κ2) is 5.15. The Morgan fingerprint density at radius 1 is 0.636 bits per heavy atom. The predicted molar refractivity (Wildman–Crippen MR) is 87.0 cm³/mol. The third-order valence-electron chi connectivity index (χ3n) is 3.79. The predicted octanol–water partition coefficient (Wildman–Crippen LogP) is 5.91. The van der Waals surface area contributed by atoms with E-state index in [-0.39, 0.29) is 5.82 Å². The zero-order valence-corrected chi connectivity index (χ0v) is 11.8. The molecule has 0 spiro atoms. The summed E-state index contributed by atoms with van der Waals surface area (Å²) in [6.07, 6.45) is 0. The van der Waals surface area contributed by atoms with Gasteiger partial charge in [0.1, 0.15) is 17.3 Å². The Kier molecular flexibility index (Phi) is 3.01. The topological polar surface area (TPSA) is 13.1 Å². The van der Waals surface area contributed by atoms with Crippen LogP contribution in [0, 0.1) is 5.82 Å². The monoisotopic (exact) mass is 288 g/mol. The van der Waals surface area contributed by atoms with E-state index in [0.29, 0.717) is 0 Å². The normalized spacial score (nSPS) is 11.0. The fourth-order valence-electron chi connectivity index (χ4n) is 2.69. The summed E-state index contributed by atoms with van der Waals surface area (Å²) >= 11 is 0. The highest BCUT2D eigenvalue weighted by Gasteiger charge is 2.09. The largest absolute Gasteiger partial charge is 0.456 e. The standard InChI is InChI=1S/C20H13FO/c21-16-10-8-15(9-11-16)19-12-13-20(22-19)18-7-3-5-14-4-1-2-6-17(14)18/h1-13H. The summed E-state index contributed by atoms with van der Waals surface area (Å²) in [6.45, 7) is 0. The van der Waals surface area contributed by atoms with Crippen LogP contribution in [-0.2, 0) is 0 Å². The molecule has 0 amide bonds. The molecular weight excluding hydrogens is 275 g/mol. The van der Waals surface area contributed by atoms with Crippen LogP contribution in [0.1, 0.15) is 0 Å². The fraction of sp³-hybridized carbons (Fsp3) is 0. The van der Waals surface area contributed by atoms with Crippen molar-refractivity contribution in [3.8, 4) is 22.6 Å².